The molecule has 0 spiro atoms. The van der Waals surface area contributed by atoms with E-state index in [1.54, 1.807) is 12.3 Å². The van der Waals surface area contributed by atoms with Crippen LogP contribution in [0.1, 0.15) is 37.7 Å². The average molecular weight is 314 g/mol. The number of hydrogen-bond acceptors (Lipinski definition) is 5. The summed E-state index contributed by atoms with van der Waals surface area (Å²) in [6, 6.07) is 9.10. The van der Waals surface area contributed by atoms with Gasteiger partial charge in [0.1, 0.15) is 11.4 Å². The molecule has 0 saturated heterocycles. The van der Waals surface area contributed by atoms with Crippen molar-refractivity contribution in [3.63, 3.8) is 0 Å². The summed E-state index contributed by atoms with van der Waals surface area (Å²) in [7, 11) is 0. The summed E-state index contributed by atoms with van der Waals surface area (Å²) in [6.45, 7) is 6.59. The molecule has 0 aliphatic heterocycles. The van der Waals surface area contributed by atoms with Crippen LogP contribution in [0, 0.1) is 0 Å². The highest BCUT2D eigenvalue weighted by Gasteiger charge is 2.08. The molecule has 0 bridgehead atoms. The number of hydrogen-bond donors (Lipinski definition) is 2. The smallest absolute Gasteiger partial charge is 0.270 e. The standard InChI is InChI=1S/C17H22N4O2/c1-4-10-18-16(22)15-9-11-19-17(21-15)20-13-5-7-14(8-6-13)23-12(2)3/h5-9,11-12H,4,10H2,1-3H3,(H,18,22)(H,19,20,21). The van der Waals surface area contributed by atoms with Gasteiger partial charge in [-0.05, 0) is 50.6 Å². The van der Waals surface area contributed by atoms with E-state index < -0.39 is 0 Å². The molecular weight excluding hydrogens is 292 g/mol. The highest BCUT2D eigenvalue weighted by molar-refractivity contribution is 5.92. The zero-order valence-electron chi connectivity index (χ0n) is 13.7. The largest absolute Gasteiger partial charge is 0.491 e. The van der Waals surface area contributed by atoms with E-state index in [0.717, 1.165) is 17.9 Å². The highest BCUT2D eigenvalue weighted by Crippen LogP contribution is 2.19. The first-order valence-electron chi connectivity index (χ1n) is 7.73. The molecule has 0 saturated carbocycles. The maximum Gasteiger partial charge on any atom is 0.270 e. The van der Waals surface area contributed by atoms with Crippen molar-refractivity contribution in [2.24, 2.45) is 0 Å². The molecule has 1 heterocycles. The molecule has 0 atom stereocenters. The van der Waals surface area contributed by atoms with E-state index in [1.807, 2.05) is 45.0 Å². The summed E-state index contributed by atoms with van der Waals surface area (Å²) in [5.41, 5.74) is 1.17. The minimum Gasteiger partial charge on any atom is -0.491 e. The van der Waals surface area contributed by atoms with Gasteiger partial charge in [-0.3, -0.25) is 4.79 Å². The van der Waals surface area contributed by atoms with Crippen molar-refractivity contribution in [1.82, 2.24) is 15.3 Å². The minimum absolute atomic E-state index is 0.135. The van der Waals surface area contributed by atoms with E-state index in [0.29, 0.717) is 18.2 Å². The predicted octanol–water partition coefficient (Wildman–Crippen LogP) is 3.15. The SMILES string of the molecule is CCCNC(=O)c1ccnc(Nc2ccc(OC(C)C)cc2)n1. The lowest BCUT2D eigenvalue weighted by molar-refractivity contribution is 0.0948. The number of carbonyl (C=O) groups excluding carboxylic acids is 1. The van der Waals surface area contributed by atoms with Crippen molar-refractivity contribution in [1.29, 1.82) is 0 Å². The molecule has 2 rings (SSSR count). The van der Waals surface area contributed by atoms with Gasteiger partial charge in [0.05, 0.1) is 6.10 Å². The Balaban J connectivity index is 2.03. The molecule has 23 heavy (non-hydrogen) atoms. The first kappa shape index (κ1) is 16.7. The minimum atomic E-state index is -0.196. The van der Waals surface area contributed by atoms with Gasteiger partial charge >= 0.3 is 0 Å². The number of ether oxygens (including phenoxy) is 1. The molecule has 0 fully saturated rings. The fraction of sp³-hybridized carbons (Fsp3) is 0.353. The van der Waals surface area contributed by atoms with E-state index in [4.69, 9.17) is 4.74 Å². The first-order chi connectivity index (χ1) is 11.1. The normalized spacial score (nSPS) is 10.4. The van der Waals surface area contributed by atoms with Crippen LogP contribution in [0.15, 0.2) is 36.5 Å². The van der Waals surface area contributed by atoms with Crippen LogP contribution in [0.4, 0.5) is 11.6 Å². The van der Waals surface area contributed by atoms with Crippen molar-refractivity contribution in [3.8, 4) is 5.75 Å². The average Bonchev–Trinajstić information content (AvgIpc) is 2.54. The Morgan fingerprint density at radius 2 is 1.96 bits per heavy atom. The highest BCUT2D eigenvalue weighted by atomic mass is 16.5. The number of nitrogens with zero attached hydrogens (tertiary/aromatic N) is 2. The maximum absolute atomic E-state index is 11.9. The summed E-state index contributed by atoms with van der Waals surface area (Å²) in [5.74, 6) is 0.990. The zero-order chi connectivity index (χ0) is 16.7. The summed E-state index contributed by atoms with van der Waals surface area (Å²) < 4.78 is 5.60. The molecule has 1 aromatic heterocycles. The van der Waals surface area contributed by atoms with Crippen LogP contribution in [0.5, 0.6) is 5.75 Å². The van der Waals surface area contributed by atoms with Crippen molar-refractivity contribution in [3.05, 3.63) is 42.2 Å². The fourth-order valence-corrected chi connectivity index (χ4v) is 1.89. The molecule has 1 aromatic carbocycles. The van der Waals surface area contributed by atoms with Crippen LogP contribution in [0.25, 0.3) is 0 Å². The molecule has 0 aliphatic rings. The Kier molecular flexibility index (Phi) is 5.91. The van der Waals surface area contributed by atoms with E-state index in [-0.39, 0.29) is 12.0 Å². The van der Waals surface area contributed by atoms with Gasteiger partial charge in [0, 0.05) is 18.4 Å². The van der Waals surface area contributed by atoms with Gasteiger partial charge in [0.25, 0.3) is 5.91 Å². The van der Waals surface area contributed by atoms with Crippen molar-refractivity contribution in [2.45, 2.75) is 33.3 Å². The number of carbonyl (C=O) groups is 1. The third-order valence-corrected chi connectivity index (χ3v) is 2.91. The van der Waals surface area contributed by atoms with Crippen LogP contribution in [-0.2, 0) is 0 Å². The quantitative estimate of drug-likeness (QED) is 0.821. The van der Waals surface area contributed by atoms with Crippen LogP contribution in [-0.4, -0.2) is 28.5 Å². The van der Waals surface area contributed by atoms with Crippen molar-refractivity contribution >= 4 is 17.5 Å². The van der Waals surface area contributed by atoms with E-state index in [9.17, 15) is 4.79 Å². The van der Waals surface area contributed by atoms with Gasteiger partial charge in [-0.2, -0.15) is 0 Å². The fourth-order valence-electron chi connectivity index (χ4n) is 1.89. The molecule has 1 amide bonds. The Morgan fingerprint density at radius 1 is 1.22 bits per heavy atom. The maximum atomic E-state index is 11.9. The molecule has 6 heteroatoms. The van der Waals surface area contributed by atoms with E-state index in [2.05, 4.69) is 20.6 Å². The second kappa shape index (κ2) is 8.12. The molecule has 2 aromatic rings. The Labute approximate surface area is 136 Å². The lowest BCUT2D eigenvalue weighted by Gasteiger charge is -2.11. The van der Waals surface area contributed by atoms with Crippen LogP contribution >= 0.6 is 0 Å². The van der Waals surface area contributed by atoms with Gasteiger partial charge in [0.15, 0.2) is 0 Å². The van der Waals surface area contributed by atoms with E-state index in [1.165, 1.54) is 0 Å². The second-order valence-electron chi connectivity index (χ2n) is 5.34. The molecule has 0 radical (unpaired) electrons. The lowest BCUT2D eigenvalue weighted by atomic mass is 10.3. The monoisotopic (exact) mass is 314 g/mol. The molecule has 0 unspecified atom stereocenters. The van der Waals surface area contributed by atoms with Gasteiger partial charge < -0.3 is 15.4 Å². The zero-order valence-corrected chi connectivity index (χ0v) is 13.7. The second-order valence-corrected chi connectivity index (χ2v) is 5.34. The topological polar surface area (TPSA) is 76.1 Å². The molecular formula is C17H22N4O2. The van der Waals surface area contributed by atoms with Gasteiger partial charge in [0.2, 0.25) is 5.95 Å². The summed E-state index contributed by atoms with van der Waals surface area (Å²) >= 11 is 0. The van der Waals surface area contributed by atoms with Crippen molar-refractivity contribution < 1.29 is 9.53 Å². The number of aromatic nitrogens is 2. The molecule has 6 nitrogen and oxygen atoms in total. The van der Waals surface area contributed by atoms with Gasteiger partial charge in [-0.15, -0.1) is 0 Å². The number of anilines is 2. The van der Waals surface area contributed by atoms with Gasteiger partial charge in [-0.25, -0.2) is 9.97 Å². The Bertz CT molecular complexity index is 641. The predicted molar refractivity (Wildman–Crippen MR) is 90.1 cm³/mol. The Hall–Kier alpha value is -2.63. The van der Waals surface area contributed by atoms with Crippen LogP contribution in [0.3, 0.4) is 0 Å². The number of amides is 1. The number of nitrogens with one attached hydrogen (secondary N) is 2. The molecule has 0 aliphatic carbocycles. The van der Waals surface area contributed by atoms with Crippen molar-refractivity contribution in [2.75, 3.05) is 11.9 Å². The number of benzene rings is 1. The number of rotatable bonds is 7. The summed E-state index contributed by atoms with van der Waals surface area (Å²) in [5, 5.41) is 5.87. The Morgan fingerprint density at radius 3 is 2.61 bits per heavy atom. The first-order valence-corrected chi connectivity index (χ1v) is 7.73. The summed E-state index contributed by atoms with van der Waals surface area (Å²) in [4.78, 5) is 20.3. The third-order valence-electron chi connectivity index (χ3n) is 2.91. The van der Waals surface area contributed by atoms with Crippen LogP contribution < -0.4 is 15.4 Å². The third kappa shape index (κ3) is 5.25. The lowest BCUT2D eigenvalue weighted by Crippen LogP contribution is -2.25. The molecule has 2 N–H and O–H groups in total. The van der Waals surface area contributed by atoms with E-state index >= 15 is 0 Å². The van der Waals surface area contributed by atoms with Crippen LogP contribution in [0.2, 0.25) is 0 Å². The van der Waals surface area contributed by atoms with Gasteiger partial charge in [-0.1, -0.05) is 6.92 Å². The molecule has 122 valence electrons. The summed E-state index contributed by atoms with van der Waals surface area (Å²) in [6.07, 6.45) is 2.58.